The molecule has 1 aliphatic heterocycles. The second-order valence-electron chi connectivity index (χ2n) is 3.28. The second-order valence-corrected chi connectivity index (χ2v) is 6.42. The third kappa shape index (κ3) is 1.71. The number of nitrogens with one attached hydrogen (secondary N) is 1. The van der Waals surface area contributed by atoms with Crippen molar-refractivity contribution in [3.05, 3.63) is 28.7 Å². The molecular weight excluding hydrogens is 266 g/mol. The zero-order valence-corrected chi connectivity index (χ0v) is 9.81. The van der Waals surface area contributed by atoms with Crippen LogP contribution in [0.5, 0.6) is 0 Å². The summed E-state index contributed by atoms with van der Waals surface area (Å²) in [7, 11) is -3.10. The van der Waals surface area contributed by atoms with Crippen LogP contribution in [0.3, 0.4) is 0 Å². The molecule has 0 bridgehead atoms. The van der Waals surface area contributed by atoms with E-state index in [-0.39, 0.29) is 5.25 Å². The number of rotatable bonds is 2. The van der Waals surface area contributed by atoms with E-state index in [0.29, 0.717) is 18.0 Å². The molecule has 0 aliphatic carbocycles. The maximum atomic E-state index is 11.9. The van der Waals surface area contributed by atoms with E-state index >= 15 is 0 Å². The third-order valence-electron chi connectivity index (χ3n) is 2.33. The molecule has 1 heterocycles. The minimum absolute atomic E-state index is 0.247. The van der Waals surface area contributed by atoms with Crippen molar-refractivity contribution in [3.8, 4) is 0 Å². The molecule has 0 spiro atoms. The standard InChI is InChI=1S/C9H10BrNO2S/c10-7-1-3-8(4-2-7)14(12,13)9-5-11-6-9/h1-4,9,11H,5-6H2. The molecule has 3 nitrogen and oxygen atoms in total. The number of sulfone groups is 1. The molecule has 0 atom stereocenters. The molecule has 0 unspecified atom stereocenters. The van der Waals surface area contributed by atoms with Crippen LogP contribution in [0.25, 0.3) is 0 Å². The zero-order chi connectivity index (χ0) is 10.2. The monoisotopic (exact) mass is 275 g/mol. The van der Waals surface area contributed by atoms with Crippen LogP contribution in [0.1, 0.15) is 0 Å². The van der Waals surface area contributed by atoms with Crippen LogP contribution in [0.4, 0.5) is 0 Å². The smallest absolute Gasteiger partial charge is 0.183 e. The van der Waals surface area contributed by atoms with E-state index in [9.17, 15) is 8.42 Å². The first-order valence-corrected chi connectivity index (χ1v) is 6.65. The van der Waals surface area contributed by atoms with E-state index in [0.717, 1.165) is 4.47 Å². The number of halogens is 1. The van der Waals surface area contributed by atoms with E-state index in [4.69, 9.17) is 0 Å². The minimum Gasteiger partial charge on any atom is -0.314 e. The van der Waals surface area contributed by atoms with Gasteiger partial charge in [0.15, 0.2) is 9.84 Å². The van der Waals surface area contributed by atoms with E-state index < -0.39 is 9.84 Å². The van der Waals surface area contributed by atoms with Crippen LogP contribution >= 0.6 is 15.9 Å². The van der Waals surface area contributed by atoms with Gasteiger partial charge in [-0.2, -0.15) is 0 Å². The maximum absolute atomic E-state index is 11.9. The van der Waals surface area contributed by atoms with Gasteiger partial charge in [0.2, 0.25) is 0 Å². The van der Waals surface area contributed by atoms with Gasteiger partial charge >= 0.3 is 0 Å². The summed E-state index contributed by atoms with van der Waals surface area (Å²) in [5, 5.41) is 2.71. The number of benzene rings is 1. The molecule has 0 amide bonds. The molecule has 0 radical (unpaired) electrons. The van der Waals surface area contributed by atoms with Gasteiger partial charge in [-0.05, 0) is 24.3 Å². The topological polar surface area (TPSA) is 46.2 Å². The fraction of sp³-hybridized carbons (Fsp3) is 0.333. The Balaban J connectivity index is 2.34. The van der Waals surface area contributed by atoms with Gasteiger partial charge in [-0.15, -0.1) is 0 Å². The lowest BCUT2D eigenvalue weighted by Gasteiger charge is -2.26. The van der Waals surface area contributed by atoms with E-state index in [2.05, 4.69) is 21.2 Å². The maximum Gasteiger partial charge on any atom is 0.183 e. The van der Waals surface area contributed by atoms with Crippen LogP contribution in [0, 0.1) is 0 Å². The average Bonchev–Trinajstić information content (AvgIpc) is 2.00. The highest BCUT2D eigenvalue weighted by Gasteiger charge is 2.32. The Kier molecular flexibility index (Phi) is 2.64. The van der Waals surface area contributed by atoms with Gasteiger partial charge in [-0.25, -0.2) is 8.42 Å². The summed E-state index contributed by atoms with van der Waals surface area (Å²) < 4.78 is 24.6. The molecule has 1 aliphatic rings. The molecule has 1 saturated heterocycles. The van der Waals surface area contributed by atoms with Crippen LogP contribution in [0.2, 0.25) is 0 Å². The van der Waals surface area contributed by atoms with Gasteiger partial charge in [0.05, 0.1) is 10.1 Å². The fourth-order valence-corrected chi connectivity index (χ4v) is 3.14. The van der Waals surface area contributed by atoms with Gasteiger partial charge in [-0.3, -0.25) is 0 Å². The molecule has 0 saturated carbocycles. The third-order valence-corrected chi connectivity index (χ3v) is 4.99. The highest BCUT2D eigenvalue weighted by molar-refractivity contribution is 9.10. The largest absolute Gasteiger partial charge is 0.314 e. The summed E-state index contributed by atoms with van der Waals surface area (Å²) in [6, 6.07) is 6.77. The normalized spacial score (nSPS) is 17.8. The summed E-state index contributed by atoms with van der Waals surface area (Å²) in [6.07, 6.45) is 0. The molecular formula is C9H10BrNO2S. The first-order chi connectivity index (χ1) is 6.60. The minimum atomic E-state index is -3.10. The Bertz CT molecular complexity index is 423. The van der Waals surface area contributed by atoms with Crippen molar-refractivity contribution in [3.63, 3.8) is 0 Å². The van der Waals surface area contributed by atoms with Crippen LogP contribution in [0.15, 0.2) is 33.6 Å². The first-order valence-electron chi connectivity index (χ1n) is 4.31. The molecule has 76 valence electrons. The average molecular weight is 276 g/mol. The van der Waals surface area contributed by atoms with Crippen molar-refractivity contribution in [1.82, 2.24) is 5.32 Å². The fourth-order valence-electron chi connectivity index (χ4n) is 1.30. The number of hydrogen-bond donors (Lipinski definition) is 1. The van der Waals surface area contributed by atoms with Gasteiger partial charge in [0.1, 0.15) is 0 Å². The lowest BCUT2D eigenvalue weighted by Crippen LogP contribution is -2.51. The lowest BCUT2D eigenvalue weighted by atomic mass is 10.3. The van der Waals surface area contributed by atoms with E-state index in [1.807, 2.05) is 0 Å². The molecule has 1 N–H and O–H groups in total. The quantitative estimate of drug-likeness (QED) is 0.882. The predicted molar refractivity (Wildman–Crippen MR) is 58.0 cm³/mol. The van der Waals surface area contributed by atoms with Gasteiger partial charge < -0.3 is 5.32 Å². The van der Waals surface area contributed by atoms with E-state index in [1.165, 1.54) is 0 Å². The Labute approximate surface area is 91.6 Å². The summed E-state index contributed by atoms with van der Waals surface area (Å²) in [4.78, 5) is 0.409. The van der Waals surface area contributed by atoms with Crippen molar-refractivity contribution < 1.29 is 8.42 Å². The molecule has 14 heavy (non-hydrogen) atoms. The highest BCUT2D eigenvalue weighted by atomic mass is 79.9. The molecule has 1 aromatic carbocycles. The molecule has 1 aromatic rings. The molecule has 2 rings (SSSR count). The first kappa shape index (κ1) is 10.1. The summed E-state index contributed by atoms with van der Waals surface area (Å²) in [5.74, 6) is 0. The van der Waals surface area contributed by atoms with Gasteiger partial charge in [-0.1, -0.05) is 15.9 Å². The van der Waals surface area contributed by atoms with Crippen LogP contribution in [-0.4, -0.2) is 26.8 Å². The SMILES string of the molecule is O=S(=O)(c1ccc(Br)cc1)C1CNC1. The summed E-state index contributed by atoms with van der Waals surface area (Å²) in [6.45, 7) is 1.14. The molecule has 0 aromatic heterocycles. The number of hydrogen-bond acceptors (Lipinski definition) is 3. The highest BCUT2D eigenvalue weighted by Crippen LogP contribution is 2.20. The van der Waals surface area contributed by atoms with E-state index in [1.54, 1.807) is 24.3 Å². The van der Waals surface area contributed by atoms with Crippen molar-refractivity contribution in [2.45, 2.75) is 10.1 Å². The Morgan fingerprint density at radius 3 is 2.21 bits per heavy atom. The Hall–Kier alpha value is -0.390. The molecule has 5 heteroatoms. The lowest BCUT2D eigenvalue weighted by molar-refractivity contribution is 0.495. The molecule has 1 fully saturated rings. The zero-order valence-electron chi connectivity index (χ0n) is 7.40. The van der Waals surface area contributed by atoms with Crippen molar-refractivity contribution in [2.75, 3.05) is 13.1 Å². The second kappa shape index (κ2) is 3.64. The predicted octanol–water partition coefficient (Wildman–Crippen LogP) is 1.19. The van der Waals surface area contributed by atoms with Crippen molar-refractivity contribution in [2.24, 2.45) is 0 Å². The van der Waals surface area contributed by atoms with Gasteiger partial charge in [0.25, 0.3) is 0 Å². The Morgan fingerprint density at radius 1 is 1.21 bits per heavy atom. The van der Waals surface area contributed by atoms with Crippen molar-refractivity contribution >= 4 is 25.8 Å². The summed E-state index contributed by atoms with van der Waals surface area (Å²) in [5.41, 5.74) is 0. The summed E-state index contributed by atoms with van der Waals surface area (Å²) >= 11 is 3.27. The van der Waals surface area contributed by atoms with Crippen LogP contribution in [-0.2, 0) is 9.84 Å². The van der Waals surface area contributed by atoms with Crippen molar-refractivity contribution in [1.29, 1.82) is 0 Å². The van der Waals surface area contributed by atoms with Gasteiger partial charge in [0, 0.05) is 17.6 Å². The Morgan fingerprint density at radius 2 is 1.79 bits per heavy atom. The van der Waals surface area contributed by atoms with Crippen LogP contribution < -0.4 is 5.32 Å².